The van der Waals surface area contributed by atoms with E-state index >= 15 is 0 Å². The maximum Gasteiger partial charge on any atom is 0.256 e. The van der Waals surface area contributed by atoms with Crippen molar-refractivity contribution in [3.8, 4) is 0 Å². The number of nitrogens with zero attached hydrogens (tertiary/aromatic N) is 4. The second-order valence-electron chi connectivity index (χ2n) is 9.80. The Hall–Kier alpha value is -3.66. The van der Waals surface area contributed by atoms with Gasteiger partial charge < -0.3 is 20.9 Å². The SMILES string of the molecule is CC(C)NC(=O)c1cnc(Nc2cc(F)c3c(c2)CCN(C)C3)nc1Nc1cccc(C(C)(C)F)n1. The number of halogens is 2. The number of nitrogens with one attached hydrogen (secondary N) is 3. The van der Waals surface area contributed by atoms with Crippen molar-refractivity contribution in [2.45, 2.75) is 52.4 Å². The Morgan fingerprint density at radius 3 is 2.67 bits per heavy atom. The Balaban J connectivity index is 1.67. The summed E-state index contributed by atoms with van der Waals surface area (Å²) in [4.78, 5) is 28.0. The van der Waals surface area contributed by atoms with Crippen LogP contribution in [0.5, 0.6) is 0 Å². The summed E-state index contributed by atoms with van der Waals surface area (Å²) in [6.07, 6.45) is 2.13. The minimum absolute atomic E-state index is 0.102. The van der Waals surface area contributed by atoms with Gasteiger partial charge in [0, 0.05) is 36.6 Å². The summed E-state index contributed by atoms with van der Waals surface area (Å²) >= 11 is 0. The van der Waals surface area contributed by atoms with Crippen LogP contribution in [0.3, 0.4) is 0 Å². The fraction of sp³-hybridized carbons (Fsp3) is 0.385. The highest BCUT2D eigenvalue weighted by atomic mass is 19.1. The van der Waals surface area contributed by atoms with Crippen LogP contribution in [-0.2, 0) is 18.6 Å². The number of likely N-dealkylation sites (N-methyl/N-ethyl adjacent to an activating group) is 1. The van der Waals surface area contributed by atoms with Gasteiger partial charge in [-0.1, -0.05) is 6.07 Å². The van der Waals surface area contributed by atoms with Gasteiger partial charge in [0.25, 0.3) is 5.91 Å². The normalized spacial score (nSPS) is 13.9. The molecule has 3 heterocycles. The van der Waals surface area contributed by atoms with Crippen molar-refractivity contribution in [3.05, 3.63) is 64.7 Å². The predicted molar refractivity (Wildman–Crippen MR) is 136 cm³/mol. The van der Waals surface area contributed by atoms with E-state index in [1.807, 2.05) is 27.0 Å². The summed E-state index contributed by atoms with van der Waals surface area (Å²) in [6, 6.07) is 8.14. The third kappa shape index (κ3) is 5.93. The molecule has 10 heteroatoms. The number of alkyl halides is 1. The van der Waals surface area contributed by atoms with E-state index in [2.05, 4.69) is 35.8 Å². The van der Waals surface area contributed by atoms with E-state index < -0.39 is 5.67 Å². The van der Waals surface area contributed by atoms with E-state index in [1.165, 1.54) is 26.1 Å². The molecular formula is C26H31F2N7O. The number of benzene rings is 1. The van der Waals surface area contributed by atoms with Crippen molar-refractivity contribution < 1.29 is 13.6 Å². The Bertz CT molecular complexity index is 1270. The predicted octanol–water partition coefficient (Wildman–Crippen LogP) is 4.83. The molecule has 1 aromatic carbocycles. The molecule has 1 aliphatic heterocycles. The van der Waals surface area contributed by atoms with Crippen LogP contribution in [0.4, 0.5) is 32.1 Å². The first-order chi connectivity index (χ1) is 17.0. The van der Waals surface area contributed by atoms with Gasteiger partial charge >= 0.3 is 0 Å². The largest absolute Gasteiger partial charge is 0.350 e. The molecule has 8 nitrogen and oxygen atoms in total. The Kier molecular flexibility index (Phi) is 7.16. The van der Waals surface area contributed by atoms with Gasteiger partial charge in [-0.3, -0.25) is 4.79 Å². The number of fused-ring (bicyclic) bond motifs is 1. The first kappa shape index (κ1) is 25.4. The molecule has 3 aromatic rings. The van der Waals surface area contributed by atoms with E-state index in [4.69, 9.17) is 0 Å². The van der Waals surface area contributed by atoms with Crippen molar-refractivity contribution in [1.82, 2.24) is 25.2 Å². The highest BCUT2D eigenvalue weighted by Crippen LogP contribution is 2.28. The molecule has 0 atom stereocenters. The molecular weight excluding hydrogens is 464 g/mol. The highest BCUT2D eigenvalue weighted by molar-refractivity contribution is 5.99. The molecule has 0 saturated heterocycles. The molecule has 1 aliphatic rings. The quantitative estimate of drug-likeness (QED) is 0.432. The maximum atomic E-state index is 14.8. The third-order valence-corrected chi connectivity index (χ3v) is 5.79. The molecule has 0 aliphatic carbocycles. The summed E-state index contributed by atoms with van der Waals surface area (Å²) in [6.45, 7) is 7.94. The van der Waals surface area contributed by atoms with Gasteiger partial charge in [-0.25, -0.2) is 18.7 Å². The van der Waals surface area contributed by atoms with Crippen LogP contribution in [-0.4, -0.2) is 45.4 Å². The van der Waals surface area contributed by atoms with Crippen LogP contribution < -0.4 is 16.0 Å². The number of pyridine rings is 1. The van der Waals surface area contributed by atoms with E-state index in [0.29, 0.717) is 23.6 Å². The number of aromatic nitrogens is 3. The van der Waals surface area contributed by atoms with Crippen LogP contribution in [0.1, 0.15) is 54.9 Å². The van der Waals surface area contributed by atoms with Crippen LogP contribution in [0.2, 0.25) is 0 Å². The summed E-state index contributed by atoms with van der Waals surface area (Å²) in [5.74, 6) is 0.0259. The van der Waals surface area contributed by atoms with Crippen molar-refractivity contribution in [1.29, 1.82) is 0 Å². The smallest absolute Gasteiger partial charge is 0.256 e. The molecule has 2 aromatic heterocycles. The average molecular weight is 496 g/mol. The minimum Gasteiger partial charge on any atom is -0.350 e. The number of rotatable bonds is 7. The van der Waals surface area contributed by atoms with Crippen LogP contribution >= 0.6 is 0 Å². The van der Waals surface area contributed by atoms with Gasteiger partial charge in [-0.2, -0.15) is 4.98 Å². The standard InChI is InChI=1S/C26H31F2N7O/c1-15(2)30-24(36)18-13-29-25(31-17-11-16-9-10-35(5)14-19(16)20(27)12-17)34-23(18)33-22-8-6-7-21(32-22)26(3,4)28/h6-8,11-13,15H,9-10,14H2,1-5H3,(H,30,36)(H2,29,31,32,33,34). The van der Waals surface area contributed by atoms with Gasteiger partial charge in [0.1, 0.15) is 28.7 Å². The fourth-order valence-electron chi connectivity index (χ4n) is 3.96. The van der Waals surface area contributed by atoms with Crippen LogP contribution in [0.15, 0.2) is 36.5 Å². The van der Waals surface area contributed by atoms with E-state index in [9.17, 15) is 13.6 Å². The van der Waals surface area contributed by atoms with Gasteiger partial charge in [0.05, 0.1) is 5.69 Å². The molecule has 36 heavy (non-hydrogen) atoms. The molecule has 3 N–H and O–H groups in total. The second-order valence-corrected chi connectivity index (χ2v) is 9.80. The lowest BCUT2D eigenvalue weighted by Gasteiger charge is -2.26. The average Bonchev–Trinajstić information content (AvgIpc) is 2.79. The molecule has 4 rings (SSSR count). The minimum atomic E-state index is -1.64. The van der Waals surface area contributed by atoms with Gasteiger partial charge in [-0.15, -0.1) is 0 Å². The van der Waals surface area contributed by atoms with Gasteiger partial charge in [0.15, 0.2) is 0 Å². The molecule has 1 amide bonds. The lowest BCUT2D eigenvalue weighted by molar-refractivity contribution is 0.0943. The summed E-state index contributed by atoms with van der Waals surface area (Å²) in [5.41, 5.74) is 0.945. The van der Waals surface area contributed by atoms with Gasteiger partial charge in [-0.05, 0) is 71.0 Å². The van der Waals surface area contributed by atoms with Crippen LogP contribution in [0, 0.1) is 5.82 Å². The molecule has 0 radical (unpaired) electrons. The number of hydrogen-bond acceptors (Lipinski definition) is 7. The summed E-state index contributed by atoms with van der Waals surface area (Å²) < 4.78 is 29.2. The maximum absolute atomic E-state index is 14.8. The van der Waals surface area contributed by atoms with E-state index in [1.54, 1.807) is 18.2 Å². The number of anilines is 4. The van der Waals surface area contributed by atoms with Crippen LogP contribution in [0.25, 0.3) is 0 Å². The number of amides is 1. The summed E-state index contributed by atoms with van der Waals surface area (Å²) in [7, 11) is 1.97. The zero-order chi connectivity index (χ0) is 26.0. The Morgan fingerprint density at radius 2 is 1.94 bits per heavy atom. The van der Waals surface area contributed by atoms with Crippen molar-refractivity contribution in [3.63, 3.8) is 0 Å². The highest BCUT2D eigenvalue weighted by Gasteiger charge is 2.22. The van der Waals surface area contributed by atoms with Crippen molar-refractivity contribution >= 4 is 29.2 Å². The van der Waals surface area contributed by atoms with E-state index in [0.717, 1.165) is 18.5 Å². The number of carbonyl (C=O) groups excluding carboxylic acids is 1. The molecule has 0 spiro atoms. The second kappa shape index (κ2) is 10.1. The zero-order valence-corrected chi connectivity index (χ0v) is 21.1. The fourth-order valence-corrected chi connectivity index (χ4v) is 3.96. The number of hydrogen-bond donors (Lipinski definition) is 3. The van der Waals surface area contributed by atoms with Crippen molar-refractivity contribution in [2.24, 2.45) is 0 Å². The molecule has 0 bridgehead atoms. The number of carbonyl (C=O) groups is 1. The molecule has 0 saturated carbocycles. The Morgan fingerprint density at radius 1 is 1.17 bits per heavy atom. The monoisotopic (exact) mass is 495 g/mol. The lowest BCUT2D eigenvalue weighted by Crippen LogP contribution is -2.31. The zero-order valence-electron chi connectivity index (χ0n) is 21.1. The molecule has 0 fully saturated rings. The van der Waals surface area contributed by atoms with Crippen molar-refractivity contribution in [2.75, 3.05) is 24.2 Å². The Labute approximate surface area is 209 Å². The van der Waals surface area contributed by atoms with Gasteiger partial charge in [0.2, 0.25) is 5.95 Å². The third-order valence-electron chi connectivity index (χ3n) is 5.79. The topological polar surface area (TPSA) is 95.1 Å². The molecule has 0 unspecified atom stereocenters. The lowest BCUT2D eigenvalue weighted by atomic mass is 9.99. The molecule has 190 valence electrons. The first-order valence-electron chi connectivity index (χ1n) is 11.9. The van der Waals surface area contributed by atoms with E-state index in [-0.39, 0.29) is 40.8 Å². The first-order valence-corrected chi connectivity index (χ1v) is 11.9. The summed E-state index contributed by atoms with van der Waals surface area (Å²) in [5, 5.41) is 8.89.